The number of aromatic nitrogens is 2. The van der Waals surface area contributed by atoms with Gasteiger partial charge in [0.1, 0.15) is 0 Å². The van der Waals surface area contributed by atoms with Crippen molar-refractivity contribution in [2.75, 3.05) is 20.3 Å². The fourth-order valence-corrected chi connectivity index (χ4v) is 2.86. The third-order valence-corrected chi connectivity index (χ3v) is 4.19. The summed E-state index contributed by atoms with van der Waals surface area (Å²) in [5, 5.41) is 2.61. The van der Waals surface area contributed by atoms with E-state index in [1.54, 1.807) is 9.13 Å². The third-order valence-electron chi connectivity index (χ3n) is 4.19. The van der Waals surface area contributed by atoms with Crippen molar-refractivity contribution in [3.8, 4) is 0 Å². The topological polar surface area (TPSA) is 91.6 Å². The minimum absolute atomic E-state index is 0.00965. The Kier molecular flexibility index (Phi) is 7.60. The molecule has 0 saturated heterocycles. The Hall–Kier alpha value is -2.61. The summed E-state index contributed by atoms with van der Waals surface area (Å²) in [6, 6.07) is 7.50. The second-order valence-electron chi connectivity index (χ2n) is 6.24. The number of imidazole rings is 1. The molecule has 0 bridgehead atoms. The van der Waals surface area contributed by atoms with Crippen molar-refractivity contribution in [1.29, 1.82) is 0 Å². The first-order valence-electron chi connectivity index (χ1n) is 9.13. The van der Waals surface area contributed by atoms with Gasteiger partial charge in [-0.3, -0.25) is 18.7 Å². The molecule has 1 heterocycles. The van der Waals surface area contributed by atoms with Gasteiger partial charge in [-0.2, -0.15) is 0 Å². The summed E-state index contributed by atoms with van der Waals surface area (Å²) < 4.78 is 13.3. The molecule has 1 aromatic carbocycles. The first-order chi connectivity index (χ1) is 13.0. The van der Waals surface area contributed by atoms with Crippen LogP contribution in [0, 0.1) is 0 Å². The molecule has 1 N–H and O–H groups in total. The number of nitrogens with one attached hydrogen (secondary N) is 1. The lowest BCUT2D eigenvalue weighted by Crippen LogP contribution is -2.37. The zero-order valence-electron chi connectivity index (χ0n) is 16.1. The van der Waals surface area contributed by atoms with Crippen molar-refractivity contribution in [3.63, 3.8) is 0 Å². The van der Waals surface area contributed by atoms with Gasteiger partial charge in [-0.1, -0.05) is 19.1 Å². The van der Waals surface area contributed by atoms with Crippen molar-refractivity contribution in [2.45, 2.75) is 45.9 Å². The number of nitrogens with zero attached hydrogens (tertiary/aromatic N) is 2. The summed E-state index contributed by atoms with van der Waals surface area (Å²) in [5.41, 5.74) is 1.49. The molecule has 0 radical (unpaired) electrons. The fourth-order valence-electron chi connectivity index (χ4n) is 2.86. The Morgan fingerprint density at radius 1 is 1.15 bits per heavy atom. The zero-order chi connectivity index (χ0) is 19.8. The Morgan fingerprint density at radius 2 is 1.78 bits per heavy atom. The van der Waals surface area contributed by atoms with Crippen LogP contribution in [0.5, 0.6) is 0 Å². The van der Waals surface area contributed by atoms with Gasteiger partial charge < -0.3 is 14.8 Å². The van der Waals surface area contributed by atoms with Crippen molar-refractivity contribution in [2.24, 2.45) is 0 Å². The molecule has 8 nitrogen and oxygen atoms in total. The largest absolute Gasteiger partial charge is 0.452 e. The number of fused-ring (bicyclic) bond motifs is 1. The number of methoxy groups -OCH3 is 1. The molecule has 0 unspecified atom stereocenters. The number of carbonyl (C=O) groups is 2. The number of amides is 1. The lowest BCUT2D eigenvalue weighted by atomic mass is 10.3. The second-order valence-corrected chi connectivity index (χ2v) is 6.24. The van der Waals surface area contributed by atoms with Crippen LogP contribution in [0.1, 0.15) is 26.7 Å². The number of ether oxygens (including phenoxy) is 2. The molecule has 2 rings (SSSR count). The van der Waals surface area contributed by atoms with Crippen LogP contribution in [0.4, 0.5) is 0 Å². The molecule has 2 aromatic rings. The van der Waals surface area contributed by atoms with Gasteiger partial charge in [0.15, 0.2) is 6.10 Å². The van der Waals surface area contributed by atoms with Crippen LogP contribution in [0.2, 0.25) is 0 Å². The highest BCUT2D eigenvalue weighted by atomic mass is 16.5. The summed E-state index contributed by atoms with van der Waals surface area (Å²) in [6.07, 6.45) is -0.0472. The van der Waals surface area contributed by atoms with E-state index in [1.165, 1.54) is 14.0 Å². The Balaban J connectivity index is 2.00. The van der Waals surface area contributed by atoms with Crippen LogP contribution in [-0.2, 0) is 32.2 Å². The van der Waals surface area contributed by atoms with E-state index in [0.717, 1.165) is 17.5 Å². The van der Waals surface area contributed by atoms with Crippen LogP contribution >= 0.6 is 0 Å². The van der Waals surface area contributed by atoms with Crippen LogP contribution in [0.15, 0.2) is 29.1 Å². The minimum Gasteiger partial charge on any atom is -0.452 e. The maximum absolute atomic E-state index is 12.7. The molecular weight excluding hydrogens is 350 g/mol. The summed E-state index contributed by atoms with van der Waals surface area (Å²) in [5.74, 6) is -0.902. The van der Waals surface area contributed by atoms with Gasteiger partial charge in [-0.15, -0.1) is 0 Å². The SMILES string of the molecule is CCCn1c(=O)n(CCC(=O)O[C@H](C)C(=O)NCCOC)c2ccccc21. The average Bonchev–Trinajstić information content (AvgIpc) is 2.92. The van der Waals surface area contributed by atoms with Gasteiger partial charge in [0.25, 0.3) is 5.91 Å². The van der Waals surface area contributed by atoms with Gasteiger partial charge in [-0.05, 0) is 25.5 Å². The summed E-state index contributed by atoms with van der Waals surface area (Å²) in [7, 11) is 1.54. The second kappa shape index (κ2) is 9.91. The zero-order valence-corrected chi connectivity index (χ0v) is 16.1. The molecule has 27 heavy (non-hydrogen) atoms. The van der Waals surface area contributed by atoms with Gasteiger partial charge in [0.05, 0.1) is 24.1 Å². The first-order valence-corrected chi connectivity index (χ1v) is 9.13. The molecule has 1 amide bonds. The molecule has 0 spiro atoms. The Morgan fingerprint density at radius 3 is 2.37 bits per heavy atom. The van der Waals surface area contributed by atoms with Crippen molar-refractivity contribution < 1.29 is 19.1 Å². The predicted octanol–water partition coefficient (Wildman–Crippen LogP) is 1.30. The molecule has 0 aliphatic carbocycles. The number of aryl methyl sites for hydroxylation is 2. The van der Waals surface area contributed by atoms with Gasteiger partial charge in [0, 0.05) is 26.7 Å². The van der Waals surface area contributed by atoms with Gasteiger partial charge >= 0.3 is 11.7 Å². The van der Waals surface area contributed by atoms with Gasteiger partial charge in [0.2, 0.25) is 0 Å². The molecule has 0 saturated carbocycles. The predicted molar refractivity (Wildman–Crippen MR) is 102 cm³/mol. The minimum atomic E-state index is -0.896. The highest BCUT2D eigenvalue weighted by molar-refractivity contribution is 5.83. The molecule has 1 atom stereocenters. The molecule has 8 heteroatoms. The van der Waals surface area contributed by atoms with Crippen molar-refractivity contribution >= 4 is 22.9 Å². The fraction of sp³-hybridized carbons (Fsp3) is 0.526. The number of rotatable bonds is 10. The third kappa shape index (κ3) is 5.19. The molecule has 0 aliphatic heterocycles. The van der Waals surface area contributed by atoms with E-state index in [2.05, 4.69) is 5.32 Å². The Labute approximate surface area is 158 Å². The van der Waals surface area contributed by atoms with Crippen LogP contribution in [0.25, 0.3) is 11.0 Å². The van der Waals surface area contributed by atoms with E-state index in [9.17, 15) is 14.4 Å². The summed E-state index contributed by atoms with van der Waals surface area (Å²) >= 11 is 0. The smallest absolute Gasteiger partial charge is 0.329 e. The van der Waals surface area contributed by atoms with Crippen LogP contribution in [0.3, 0.4) is 0 Å². The lowest BCUT2D eigenvalue weighted by Gasteiger charge is -2.13. The van der Waals surface area contributed by atoms with E-state index in [4.69, 9.17) is 9.47 Å². The highest BCUT2D eigenvalue weighted by Gasteiger charge is 2.18. The summed E-state index contributed by atoms with van der Waals surface area (Å²) in [4.78, 5) is 36.6. The molecule has 1 aromatic heterocycles. The number of para-hydroxylation sites is 2. The average molecular weight is 377 g/mol. The van der Waals surface area contributed by atoms with E-state index in [1.807, 2.05) is 31.2 Å². The van der Waals surface area contributed by atoms with Crippen molar-refractivity contribution in [3.05, 3.63) is 34.7 Å². The maximum atomic E-state index is 12.7. The first kappa shape index (κ1) is 20.7. The Bertz CT molecular complexity index is 839. The number of esters is 1. The normalized spacial score (nSPS) is 12.1. The monoisotopic (exact) mass is 377 g/mol. The quantitative estimate of drug-likeness (QED) is 0.498. The van der Waals surface area contributed by atoms with E-state index < -0.39 is 12.1 Å². The van der Waals surface area contributed by atoms with Gasteiger partial charge in [-0.25, -0.2) is 4.79 Å². The maximum Gasteiger partial charge on any atom is 0.329 e. The standard InChI is InChI=1S/C19H27N3O5/c1-4-11-21-15-7-5-6-8-16(15)22(19(21)25)12-9-17(23)27-14(2)18(24)20-10-13-26-3/h5-8,14H,4,9-13H2,1-3H3,(H,20,24)/t14-/m1/s1. The van der Waals surface area contributed by atoms with Crippen LogP contribution < -0.4 is 11.0 Å². The molecule has 0 fully saturated rings. The van der Waals surface area contributed by atoms with E-state index in [-0.39, 0.29) is 24.6 Å². The van der Waals surface area contributed by atoms with E-state index in [0.29, 0.717) is 19.7 Å². The highest BCUT2D eigenvalue weighted by Crippen LogP contribution is 2.13. The van der Waals surface area contributed by atoms with Crippen LogP contribution in [-0.4, -0.2) is 47.4 Å². The number of benzene rings is 1. The molecular formula is C19H27N3O5. The number of carbonyl (C=O) groups excluding carboxylic acids is 2. The summed E-state index contributed by atoms with van der Waals surface area (Å²) in [6.45, 7) is 5.08. The number of hydrogen-bond donors (Lipinski definition) is 1. The molecule has 148 valence electrons. The lowest BCUT2D eigenvalue weighted by molar-refractivity contribution is -0.155. The van der Waals surface area contributed by atoms with E-state index >= 15 is 0 Å². The molecule has 0 aliphatic rings. The number of hydrogen-bond acceptors (Lipinski definition) is 5. The van der Waals surface area contributed by atoms with Crippen molar-refractivity contribution in [1.82, 2.24) is 14.5 Å².